The maximum Gasteiger partial charge on any atom is 0.337 e. The number of nitrogens with zero attached hydrogens (tertiary/aromatic N) is 1. The molecule has 2 aromatic rings. The quantitative estimate of drug-likeness (QED) is 0.410. The predicted octanol–water partition coefficient (Wildman–Crippen LogP) is 5.60. The highest BCUT2D eigenvalue weighted by Crippen LogP contribution is 2.27. The third kappa shape index (κ3) is 9.09. The monoisotopic (exact) mass is 504 g/mol. The Hall–Kier alpha value is -4.17. The summed E-state index contributed by atoms with van der Waals surface area (Å²) in [6.07, 6.45) is 16.5. The van der Waals surface area contributed by atoms with E-state index in [1.54, 1.807) is 25.3 Å². The molecule has 1 aromatic carbocycles. The molecule has 37 heavy (non-hydrogen) atoms. The van der Waals surface area contributed by atoms with E-state index in [0.29, 0.717) is 30.1 Å². The van der Waals surface area contributed by atoms with Crippen LogP contribution in [0.2, 0.25) is 0 Å². The minimum Gasteiger partial charge on any atom is -0.490 e. The van der Waals surface area contributed by atoms with Crippen molar-refractivity contribution < 1.29 is 28.9 Å². The standard InChI is InChI=1S/C29H32N2O6/c1-20(14-22-10-8-6-4-5-7-9-11-22)36-25-15-24(16-26(17-25)37-21(2)19-35-3)28(32)31-27-13-12-23(18-30-27)29(33)34/h4-10,12-13,15-18,20-21H,11,14,19H2,1-3H3,(H,33,34)(H,30,31,32)/b5-4-,8-6-,9-7-,22-10+/t20?,21-/m0/s1. The minimum absolute atomic E-state index is 0.0301. The zero-order chi connectivity index (χ0) is 26.6. The van der Waals surface area contributed by atoms with Crippen molar-refractivity contribution in [2.75, 3.05) is 19.0 Å². The van der Waals surface area contributed by atoms with E-state index in [9.17, 15) is 9.59 Å². The van der Waals surface area contributed by atoms with Crippen LogP contribution in [0.5, 0.6) is 11.5 Å². The van der Waals surface area contributed by atoms with Crippen molar-refractivity contribution in [3.63, 3.8) is 0 Å². The smallest absolute Gasteiger partial charge is 0.337 e. The summed E-state index contributed by atoms with van der Waals surface area (Å²) >= 11 is 0. The van der Waals surface area contributed by atoms with Gasteiger partial charge in [-0.25, -0.2) is 9.78 Å². The number of aromatic nitrogens is 1. The van der Waals surface area contributed by atoms with Crippen molar-refractivity contribution in [1.29, 1.82) is 0 Å². The number of hydrogen-bond donors (Lipinski definition) is 2. The third-order valence-corrected chi connectivity index (χ3v) is 5.31. The highest BCUT2D eigenvalue weighted by atomic mass is 16.5. The van der Waals surface area contributed by atoms with E-state index in [1.165, 1.54) is 23.9 Å². The Bertz CT molecular complexity index is 1200. The average molecular weight is 505 g/mol. The Balaban J connectivity index is 1.78. The van der Waals surface area contributed by atoms with Crippen LogP contribution in [0.25, 0.3) is 0 Å². The molecule has 194 valence electrons. The van der Waals surface area contributed by atoms with E-state index in [4.69, 9.17) is 19.3 Å². The number of carbonyl (C=O) groups is 2. The molecule has 0 saturated heterocycles. The molecule has 0 saturated carbocycles. The fraction of sp³-hybridized carbons (Fsp3) is 0.276. The molecular formula is C29H32N2O6. The second-order valence-electron chi connectivity index (χ2n) is 8.63. The first-order chi connectivity index (χ1) is 17.8. The molecule has 2 N–H and O–H groups in total. The number of rotatable bonds is 11. The number of carbonyl (C=O) groups excluding carboxylic acids is 1. The molecule has 8 heteroatoms. The summed E-state index contributed by atoms with van der Waals surface area (Å²) in [5.41, 5.74) is 1.56. The highest BCUT2D eigenvalue weighted by molar-refractivity contribution is 6.04. The fourth-order valence-electron chi connectivity index (χ4n) is 3.67. The van der Waals surface area contributed by atoms with E-state index in [0.717, 1.165) is 6.42 Å². The summed E-state index contributed by atoms with van der Waals surface area (Å²) in [6, 6.07) is 7.83. The van der Waals surface area contributed by atoms with Gasteiger partial charge in [0, 0.05) is 31.4 Å². The number of hydrogen-bond acceptors (Lipinski definition) is 6. The third-order valence-electron chi connectivity index (χ3n) is 5.31. The topological polar surface area (TPSA) is 107 Å². The predicted molar refractivity (Wildman–Crippen MR) is 142 cm³/mol. The van der Waals surface area contributed by atoms with Crippen LogP contribution < -0.4 is 14.8 Å². The molecule has 0 fully saturated rings. The molecule has 2 atom stereocenters. The molecule has 3 rings (SSSR count). The van der Waals surface area contributed by atoms with Gasteiger partial charge in [0.25, 0.3) is 5.91 Å². The number of ether oxygens (including phenoxy) is 3. The first kappa shape index (κ1) is 27.4. The molecule has 0 spiro atoms. The van der Waals surface area contributed by atoms with Gasteiger partial charge in [-0.2, -0.15) is 0 Å². The largest absolute Gasteiger partial charge is 0.490 e. The van der Waals surface area contributed by atoms with Crippen molar-refractivity contribution in [1.82, 2.24) is 4.98 Å². The second-order valence-corrected chi connectivity index (χ2v) is 8.63. The van der Waals surface area contributed by atoms with Crippen molar-refractivity contribution in [2.45, 2.75) is 38.9 Å². The van der Waals surface area contributed by atoms with Crippen LogP contribution in [0.15, 0.2) is 84.6 Å². The Labute approximate surface area is 217 Å². The van der Waals surface area contributed by atoms with Gasteiger partial charge in [0.1, 0.15) is 23.4 Å². The van der Waals surface area contributed by atoms with Gasteiger partial charge in [-0.1, -0.05) is 48.1 Å². The number of aromatic carboxylic acids is 1. The van der Waals surface area contributed by atoms with E-state index in [1.807, 2.05) is 44.2 Å². The molecule has 1 unspecified atom stereocenters. The molecule has 0 bridgehead atoms. The zero-order valence-corrected chi connectivity index (χ0v) is 21.2. The highest BCUT2D eigenvalue weighted by Gasteiger charge is 2.16. The summed E-state index contributed by atoms with van der Waals surface area (Å²) in [6.45, 7) is 4.23. The Morgan fingerprint density at radius 3 is 2.35 bits per heavy atom. The molecule has 8 nitrogen and oxygen atoms in total. The number of carboxylic acid groups (broad SMARTS) is 1. The van der Waals surface area contributed by atoms with Crippen LogP contribution in [0.3, 0.4) is 0 Å². The normalized spacial score (nSPS) is 18.5. The second kappa shape index (κ2) is 13.8. The molecule has 1 amide bonds. The van der Waals surface area contributed by atoms with Crippen LogP contribution >= 0.6 is 0 Å². The van der Waals surface area contributed by atoms with Gasteiger partial charge in [0.15, 0.2) is 0 Å². The van der Waals surface area contributed by atoms with Gasteiger partial charge in [-0.3, -0.25) is 4.79 Å². The molecule has 0 radical (unpaired) electrons. The van der Waals surface area contributed by atoms with Crippen LogP contribution in [0.4, 0.5) is 5.82 Å². The number of benzene rings is 1. The van der Waals surface area contributed by atoms with Gasteiger partial charge in [0.2, 0.25) is 0 Å². The van der Waals surface area contributed by atoms with Gasteiger partial charge >= 0.3 is 5.97 Å². The van der Waals surface area contributed by atoms with E-state index in [2.05, 4.69) is 22.5 Å². The van der Waals surface area contributed by atoms with Crippen LogP contribution in [-0.2, 0) is 4.74 Å². The lowest BCUT2D eigenvalue weighted by atomic mass is 10.0. The number of carboxylic acids is 1. The van der Waals surface area contributed by atoms with Gasteiger partial charge < -0.3 is 24.6 Å². The van der Waals surface area contributed by atoms with Gasteiger partial charge in [-0.15, -0.1) is 0 Å². The van der Waals surface area contributed by atoms with Crippen molar-refractivity contribution in [3.8, 4) is 11.5 Å². The maximum absolute atomic E-state index is 13.0. The molecular weight excluding hydrogens is 472 g/mol. The minimum atomic E-state index is -1.09. The number of methoxy groups -OCH3 is 1. The van der Waals surface area contributed by atoms with Crippen LogP contribution in [0.1, 0.15) is 47.4 Å². The first-order valence-corrected chi connectivity index (χ1v) is 12.0. The summed E-state index contributed by atoms with van der Waals surface area (Å²) < 4.78 is 17.3. The summed E-state index contributed by atoms with van der Waals surface area (Å²) in [7, 11) is 1.59. The molecule has 1 aliphatic carbocycles. The number of nitrogens with one attached hydrogen (secondary N) is 1. The number of pyridine rings is 1. The lowest BCUT2D eigenvalue weighted by Crippen LogP contribution is -2.19. The first-order valence-electron chi connectivity index (χ1n) is 12.0. The van der Waals surface area contributed by atoms with Gasteiger partial charge in [0.05, 0.1) is 18.3 Å². The summed E-state index contributed by atoms with van der Waals surface area (Å²) in [4.78, 5) is 28.1. The number of allylic oxidation sites excluding steroid dienone is 7. The summed E-state index contributed by atoms with van der Waals surface area (Å²) in [5, 5.41) is 11.7. The fourth-order valence-corrected chi connectivity index (χ4v) is 3.67. The molecule has 1 aromatic heterocycles. The van der Waals surface area contributed by atoms with Crippen LogP contribution in [0, 0.1) is 0 Å². The lowest BCUT2D eigenvalue weighted by molar-refractivity contribution is 0.0696. The number of anilines is 1. The number of amides is 1. The van der Waals surface area contributed by atoms with Crippen LogP contribution in [-0.4, -0.2) is 47.9 Å². The van der Waals surface area contributed by atoms with Gasteiger partial charge in [-0.05, 0) is 44.5 Å². The van der Waals surface area contributed by atoms with E-state index >= 15 is 0 Å². The van der Waals surface area contributed by atoms with Crippen molar-refractivity contribution in [3.05, 3.63) is 95.8 Å². The Morgan fingerprint density at radius 1 is 0.973 bits per heavy atom. The average Bonchev–Trinajstić information content (AvgIpc) is 2.98. The van der Waals surface area contributed by atoms with E-state index in [-0.39, 0.29) is 23.6 Å². The summed E-state index contributed by atoms with van der Waals surface area (Å²) in [5.74, 6) is -0.337. The lowest BCUT2D eigenvalue weighted by Gasteiger charge is -2.19. The SMILES string of the molecule is COC[C@H](C)Oc1cc(OC(C)C/C2=C/C=C\C=C/C=C\C2)cc(C(=O)Nc2ccc(C(=O)O)cn2)c1. The zero-order valence-electron chi connectivity index (χ0n) is 21.2. The Morgan fingerprint density at radius 2 is 1.68 bits per heavy atom. The molecule has 1 aliphatic rings. The maximum atomic E-state index is 13.0. The van der Waals surface area contributed by atoms with E-state index < -0.39 is 11.9 Å². The molecule has 1 heterocycles. The Kier molecular flexibility index (Phi) is 10.2. The molecule has 0 aliphatic heterocycles. The van der Waals surface area contributed by atoms with Crippen molar-refractivity contribution in [2.24, 2.45) is 0 Å². The van der Waals surface area contributed by atoms with Crippen molar-refractivity contribution >= 4 is 17.7 Å².